The minimum Gasteiger partial charge on any atom is -0.393 e. The Morgan fingerprint density at radius 2 is 1.96 bits per heavy atom. The number of aliphatic hydroxyl groups excluding tert-OH is 1. The second-order valence-corrected chi connectivity index (χ2v) is 7.20. The SMILES string of the molecule is CCOC1CCC(Nc2ncc(C(N)=O)c(NC3CC[C@H](O)C3)n2)CC1. The van der Waals surface area contributed by atoms with Gasteiger partial charge in [-0.3, -0.25) is 4.79 Å². The summed E-state index contributed by atoms with van der Waals surface area (Å²) in [6.45, 7) is 2.78. The fraction of sp³-hybridized carbons (Fsp3) is 0.722. The summed E-state index contributed by atoms with van der Waals surface area (Å²) in [6, 6.07) is 0.389. The molecule has 0 aromatic carbocycles. The third kappa shape index (κ3) is 4.82. The van der Waals surface area contributed by atoms with Gasteiger partial charge in [-0.15, -0.1) is 0 Å². The minimum absolute atomic E-state index is 0.0903. The predicted octanol–water partition coefficient (Wildman–Crippen LogP) is 1.66. The van der Waals surface area contributed by atoms with Crippen LogP contribution in [0.15, 0.2) is 6.20 Å². The summed E-state index contributed by atoms with van der Waals surface area (Å²) < 4.78 is 5.68. The number of amides is 1. The largest absolute Gasteiger partial charge is 0.393 e. The van der Waals surface area contributed by atoms with Crippen molar-refractivity contribution in [2.75, 3.05) is 17.2 Å². The van der Waals surface area contributed by atoms with E-state index >= 15 is 0 Å². The molecule has 0 spiro atoms. The van der Waals surface area contributed by atoms with Crippen LogP contribution in [0.2, 0.25) is 0 Å². The number of nitrogens with one attached hydrogen (secondary N) is 2. The molecule has 2 aliphatic rings. The van der Waals surface area contributed by atoms with Crippen LogP contribution in [0, 0.1) is 0 Å². The summed E-state index contributed by atoms with van der Waals surface area (Å²) in [4.78, 5) is 20.4. The highest BCUT2D eigenvalue weighted by molar-refractivity contribution is 5.97. The second-order valence-electron chi connectivity index (χ2n) is 7.20. The number of ether oxygens (including phenoxy) is 1. The minimum atomic E-state index is -0.560. The maximum absolute atomic E-state index is 11.7. The van der Waals surface area contributed by atoms with Crippen molar-refractivity contribution < 1.29 is 14.6 Å². The fourth-order valence-corrected chi connectivity index (χ4v) is 3.82. The third-order valence-electron chi connectivity index (χ3n) is 5.21. The molecule has 2 fully saturated rings. The zero-order chi connectivity index (χ0) is 18.5. The molecule has 2 aliphatic carbocycles. The summed E-state index contributed by atoms with van der Waals surface area (Å²) in [5.41, 5.74) is 5.73. The van der Waals surface area contributed by atoms with Crippen LogP contribution >= 0.6 is 0 Å². The molecule has 1 amide bonds. The van der Waals surface area contributed by atoms with E-state index in [-0.39, 0.29) is 17.7 Å². The third-order valence-corrected chi connectivity index (χ3v) is 5.21. The van der Waals surface area contributed by atoms with Gasteiger partial charge in [-0.25, -0.2) is 4.98 Å². The van der Waals surface area contributed by atoms with E-state index in [1.54, 1.807) is 0 Å². The maximum Gasteiger partial charge on any atom is 0.254 e. The Morgan fingerprint density at radius 3 is 2.58 bits per heavy atom. The van der Waals surface area contributed by atoms with Crippen LogP contribution in [-0.4, -0.2) is 51.9 Å². The van der Waals surface area contributed by atoms with E-state index in [0.717, 1.165) is 45.1 Å². The Kier molecular flexibility index (Phi) is 6.26. The fourth-order valence-electron chi connectivity index (χ4n) is 3.82. The lowest BCUT2D eigenvalue weighted by Gasteiger charge is -2.29. The number of primary amides is 1. The van der Waals surface area contributed by atoms with Gasteiger partial charge < -0.3 is 26.2 Å². The lowest BCUT2D eigenvalue weighted by Crippen LogP contribution is -2.31. The van der Waals surface area contributed by atoms with Crippen LogP contribution in [-0.2, 0) is 4.74 Å². The highest BCUT2D eigenvalue weighted by Crippen LogP contribution is 2.26. The first-order valence-corrected chi connectivity index (χ1v) is 9.54. The van der Waals surface area contributed by atoms with Gasteiger partial charge in [0.2, 0.25) is 5.95 Å². The molecule has 144 valence electrons. The number of carbonyl (C=O) groups excluding carboxylic acids is 1. The summed E-state index contributed by atoms with van der Waals surface area (Å²) in [5.74, 6) is 0.378. The molecular formula is C18H29N5O3. The Bertz CT molecular complexity index is 619. The molecule has 0 saturated heterocycles. The Labute approximate surface area is 153 Å². The van der Waals surface area contributed by atoms with Crippen molar-refractivity contribution in [2.24, 2.45) is 5.73 Å². The van der Waals surface area contributed by atoms with Crippen molar-refractivity contribution in [3.8, 4) is 0 Å². The molecule has 1 heterocycles. The molecule has 0 aliphatic heterocycles. The first kappa shape index (κ1) is 18.8. The van der Waals surface area contributed by atoms with Crippen molar-refractivity contribution in [3.05, 3.63) is 11.8 Å². The number of nitrogens with two attached hydrogens (primary N) is 1. The normalized spacial score (nSPS) is 28.7. The van der Waals surface area contributed by atoms with Crippen LogP contribution in [0.3, 0.4) is 0 Å². The van der Waals surface area contributed by atoms with Crippen LogP contribution in [0.25, 0.3) is 0 Å². The van der Waals surface area contributed by atoms with Gasteiger partial charge in [0.05, 0.1) is 17.8 Å². The van der Waals surface area contributed by atoms with Crippen molar-refractivity contribution in [1.82, 2.24) is 9.97 Å². The van der Waals surface area contributed by atoms with E-state index in [1.165, 1.54) is 6.20 Å². The molecule has 0 radical (unpaired) electrons. The molecule has 8 heteroatoms. The molecule has 1 aromatic heterocycles. The Hall–Kier alpha value is -1.93. The van der Waals surface area contributed by atoms with E-state index < -0.39 is 5.91 Å². The van der Waals surface area contributed by atoms with E-state index in [2.05, 4.69) is 20.6 Å². The zero-order valence-corrected chi connectivity index (χ0v) is 15.3. The quantitative estimate of drug-likeness (QED) is 0.581. The highest BCUT2D eigenvalue weighted by Gasteiger charge is 2.26. The lowest BCUT2D eigenvalue weighted by atomic mass is 9.93. The van der Waals surface area contributed by atoms with Gasteiger partial charge in [-0.2, -0.15) is 4.98 Å². The van der Waals surface area contributed by atoms with E-state index in [9.17, 15) is 9.90 Å². The monoisotopic (exact) mass is 363 g/mol. The van der Waals surface area contributed by atoms with Gasteiger partial charge in [-0.1, -0.05) is 0 Å². The summed E-state index contributed by atoms with van der Waals surface area (Å²) in [5, 5.41) is 16.3. The standard InChI is InChI=1S/C18H29N5O3/c1-2-26-14-7-4-11(5-8-14)22-18-20-10-15(16(19)25)17(23-18)21-12-3-6-13(24)9-12/h10-14,24H,2-9H2,1H3,(H2,19,25)(H2,20,21,22,23)/t11?,12?,13-,14?/m0/s1. The molecule has 1 unspecified atom stereocenters. The molecule has 8 nitrogen and oxygen atoms in total. The highest BCUT2D eigenvalue weighted by atomic mass is 16.5. The molecule has 5 N–H and O–H groups in total. The average molecular weight is 363 g/mol. The van der Waals surface area contributed by atoms with Crippen LogP contribution in [0.1, 0.15) is 62.2 Å². The Balaban J connectivity index is 1.64. The van der Waals surface area contributed by atoms with Gasteiger partial charge in [0.1, 0.15) is 5.82 Å². The number of aromatic nitrogens is 2. The smallest absolute Gasteiger partial charge is 0.254 e. The van der Waals surface area contributed by atoms with Crippen molar-refractivity contribution >= 4 is 17.7 Å². The molecule has 26 heavy (non-hydrogen) atoms. The molecule has 3 rings (SSSR count). The van der Waals surface area contributed by atoms with Gasteiger partial charge in [0, 0.05) is 24.9 Å². The molecular weight excluding hydrogens is 334 g/mol. The van der Waals surface area contributed by atoms with Gasteiger partial charge in [0.15, 0.2) is 0 Å². The van der Waals surface area contributed by atoms with Gasteiger partial charge >= 0.3 is 0 Å². The first-order valence-electron chi connectivity index (χ1n) is 9.54. The molecule has 1 aromatic rings. The van der Waals surface area contributed by atoms with Gasteiger partial charge in [0.25, 0.3) is 5.91 Å². The van der Waals surface area contributed by atoms with Crippen molar-refractivity contribution in [1.29, 1.82) is 0 Å². The number of nitrogens with zero attached hydrogens (tertiary/aromatic N) is 2. The lowest BCUT2D eigenvalue weighted by molar-refractivity contribution is 0.0346. The first-order chi connectivity index (χ1) is 12.5. The van der Waals surface area contributed by atoms with E-state index in [4.69, 9.17) is 10.5 Å². The number of hydrogen-bond acceptors (Lipinski definition) is 7. The van der Waals surface area contributed by atoms with E-state index in [1.807, 2.05) is 6.92 Å². The van der Waals surface area contributed by atoms with Crippen molar-refractivity contribution in [3.63, 3.8) is 0 Å². The summed E-state index contributed by atoms with van der Waals surface area (Å²) >= 11 is 0. The second kappa shape index (κ2) is 8.64. The molecule has 0 bridgehead atoms. The summed E-state index contributed by atoms with van der Waals surface area (Å²) in [6.07, 6.45) is 7.81. The van der Waals surface area contributed by atoms with Gasteiger partial charge in [-0.05, 0) is 51.9 Å². The maximum atomic E-state index is 11.7. The topological polar surface area (TPSA) is 122 Å². The predicted molar refractivity (Wildman–Crippen MR) is 99.1 cm³/mol. The zero-order valence-electron chi connectivity index (χ0n) is 15.3. The average Bonchev–Trinajstić information content (AvgIpc) is 3.02. The van der Waals surface area contributed by atoms with Crippen LogP contribution < -0.4 is 16.4 Å². The number of aliphatic hydroxyl groups is 1. The van der Waals surface area contributed by atoms with Crippen LogP contribution in [0.4, 0.5) is 11.8 Å². The summed E-state index contributed by atoms with van der Waals surface area (Å²) in [7, 11) is 0. The van der Waals surface area contributed by atoms with E-state index in [0.29, 0.717) is 30.3 Å². The Morgan fingerprint density at radius 1 is 1.23 bits per heavy atom. The number of carbonyl (C=O) groups is 1. The van der Waals surface area contributed by atoms with Crippen LogP contribution in [0.5, 0.6) is 0 Å². The number of anilines is 2. The number of rotatable bonds is 7. The van der Waals surface area contributed by atoms with Crippen molar-refractivity contribution in [2.45, 2.75) is 76.2 Å². The molecule has 2 atom stereocenters. The number of hydrogen-bond donors (Lipinski definition) is 4. The molecule has 2 saturated carbocycles.